The van der Waals surface area contributed by atoms with Crippen molar-refractivity contribution in [2.24, 2.45) is 0 Å². The SMILES string of the molecule is [2H]c1c([2H])c([2H])c(-c2c([2H])c([2H])c([2H])c3c2oc2c([2H])c([2H])c([2H])c(-c4c5ccccc5c(-c5cccc(-c6ccccc6)c5)c5ccccc45)c23)c([2H])c1[2H]. The molecule has 0 atom stereocenters. The minimum atomic E-state index is -0.651. The molecule has 1 heterocycles. The summed E-state index contributed by atoms with van der Waals surface area (Å²) >= 11 is 0. The molecule has 0 saturated carbocycles. The normalized spacial score (nSPS) is 15.0. The minimum Gasteiger partial charge on any atom is -0.455 e. The third kappa shape index (κ3) is 4.09. The van der Waals surface area contributed by atoms with Crippen molar-refractivity contribution in [3.63, 3.8) is 0 Å². The first-order chi connectivity index (χ1) is 26.9. The van der Waals surface area contributed by atoms with Gasteiger partial charge >= 0.3 is 0 Å². The molecule has 1 aromatic heterocycles. The largest absolute Gasteiger partial charge is 0.455 e. The summed E-state index contributed by atoms with van der Waals surface area (Å²) in [6.45, 7) is 0. The van der Waals surface area contributed by atoms with Crippen LogP contribution >= 0.6 is 0 Å². The van der Waals surface area contributed by atoms with Gasteiger partial charge < -0.3 is 4.42 Å². The Balaban J connectivity index is 1.46. The zero-order chi connectivity index (χ0) is 39.3. The van der Waals surface area contributed by atoms with E-state index in [0.29, 0.717) is 16.3 Å². The van der Waals surface area contributed by atoms with Crippen molar-refractivity contribution in [1.29, 1.82) is 0 Å². The fourth-order valence-corrected chi connectivity index (χ4v) is 6.41. The summed E-state index contributed by atoms with van der Waals surface area (Å²) in [4.78, 5) is 0. The summed E-state index contributed by atoms with van der Waals surface area (Å²) in [6.07, 6.45) is 0. The molecule has 0 spiro atoms. The molecule has 0 radical (unpaired) electrons. The lowest BCUT2D eigenvalue weighted by Crippen LogP contribution is -1.91. The van der Waals surface area contributed by atoms with E-state index < -0.39 is 60.4 Å². The van der Waals surface area contributed by atoms with E-state index in [2.05, 4.69) is 30.3 Å². The van der Waals surface area contributed by atoms with Crippen molar-refractivity contribution in [1.82, 2.24) is 0 Å². The highest BCUT2D eigenvalue weighted by molar-refractivity contribution is 6.26. The Morgan fingerprint density at radius 2 is 1.00 bits per heavy atom. The van der Waals surface area contributed by atoms with Crippen LogP contribution < -0.4 is 0 Å². The highest BCUT2D eigenvalue weighted by Gasteiger charge is 2.21. The average Bonchev–Trinajstić information content (AvgIpc) is 3.62. The summed E-state index contributed by atoms with van der Waals surface area (Å²) in [7, 11) is 0. The minimum absolute atomic E-state index is 0.0624. The molecule has 1 nitrogen and oxygen atoms in total. The molecule has 0 bridgehead atoms. The Hall–Kier alpha value is -5.92. The molecule has 0 saturated heterocycles. The second-order valence-electron chi connectivity index (χ2n) is 10.8. The van der Waals surface area contributed by atoms with Gasteiger partial charge in [-0.1, -0.05) is 157 Å². The van der Waals surface area contributed by atoms with Crippen LogP contribution in [0.15, 0.2) is 174 Å². The molecule has 0 unspecified atom stereocenters. The molecule has 0 aliphatic rings. The summed E-state index contributed by atoms with van der Waals surface area (Å²) in [6, 6.07) is 27.7. The highest BCUT2D eigenvalue weighted by Crippen LogP contribution is 2.47. The van der Waals surface area contributed by atoms with E-state index in [1.54, 1.807) is 0 Å². The van der Waals surface area contributed by atoms with Crippen LogP contribution in [0.3, 0.4) is 0 Å². The molecule has 0 N–H and O–H groups in total. The lowest BCUT2D eigenvalue weighted by atomic mass is 9.84. The number of hydrogen-bond acceptors (Lipinski definition) is 1. The molecule has 0 aliphatic heterocycles. The maximum atomic E-state index is 9.47. The van der Waals surface area contributed by atoms with E-state index in [9.17, 15) is 2.74 Å². The summed E-state index contributed by atoms with van der Waals surface area (Å²) < 4.78 is 103. The molecule has 0 amide bonds. The molecular formula is C44H28O. The Kier molecular flexibility index (Phi) is 3.87. The van der Waals surface area contributed by atoms with Crippen molar-refractivity contribution in [2.75, 3.05) is 0 Å². The fourth-order valence-electron chi connectivity index (χ4n) is 6.41. The maximum Gasteiger partial charge on any atom is 0.143 e. The third-order valence-corrected chi connectivity index (χ3v) is 8.31. The average molecular weight is 584 g/mol. The number of furan rings is 1. The molecule has 8 aromatic carbocycles. The van der Waals surface area contributed by atoms with Crippen LogP contribution in [0, 0.1) is 0 Å². The van der Waals surface area contributed by atoms with E-state index in [4.69, 9.17) is 16.8 Å². The first-order valence-corrected chi connectivity index (χ1v) is 14.5. The Morgan fingerprint density at radius 1 is 0.400 bits per heavy atom. The zero-order valence-corrected chi connectivity index (χ0v) is 23.7. The number of fused-ring (bicyclic) bond motifs is 5. The molecule has 0 fully saturated rings. The van der Waals surface area contributed by atoms with Gasteiger partial charge in [0.05, 0.1) is 15.1 Å². The monoisotopic (exact) mass is 583 g/mol. The quantitative estimate of drug-likeness (QED) is 0.188. The van der Waals surface area contributed by atoms with E-state index in [1.807, 2.05) is 72.8 Å². The highest BCUT2D eigenvalue weighted by atomic mass is 16.3. The number of rotatable bonds is 4. The van der Waals surface area contributed by atoms with Gasteiger partial charge in [-0.05, 0) is 72.6 Å². The molecule has 210 valence electrons. The van der Waals surface area contributed by atoms with E-state index >= 15 is 0 Å². The van der Waals surface area contributed by atoms with Crippen LogP contribution in [0.1, 0.15) is 15.1 Å². The van der Waals surface area contributed by atoms with Gasteiger partial charge in [0.2, 0.25) is 0 Å². The van der Waals surface area contributed by atoms with Crippen LogP contribution in [-0.2, 0) is 0 Å². The van der Waals surface area contributed by atoms with Gasteiger partial charge in [-0.2, -0.15) is 0 Å². The van der Waals surface area contributed by atoms with E-state index in [1.165, 1.54) is 0 Å². The summed E-state index contributed by atoms with van der Waals surface area (Å²) in [5.74, 6) is 0. The van der Waals surface area contributed by atoms with Crippen LogP contribution in [-0.4, -0.2) is 0 Å². The van der Waals surface area contributed by atoms with E-state index in [-0.39, 0.29) is 44.7 Å². The Bertz CT molecular complexity index is 3070. The summed E-state index contributed by atoms with van der Waals surface area (Å²) in [5.41, 5.74) is 3.58. The Morgan fingerprint density at radius 3 is 1.73 bits per heavy atom. The maximum absolute atomic E-state index is 9.47. The van der Waals surface area contributed by atoms with Gasteiger partial charge in [0, 0.05) is 16.3 Å². The number of hydrogen-bond donors (Lipinski definition) is 0. The summed E-state index contributed by atoms with van der Waals surface area (Å²) in [5, 5.41) is 3.14. The van der Waals surface area contributed by atoms with Crippen molar-refractivity contribution >= 4 is 43.5 Å². The molecule has 1 heteroatoms. The Labute approximate surface area is 277 Å². The molecule has 9 rings (SSSR count). The van der Waals surface area contributed by atoms with Crippen molar-refractivity contribution in [2.45, 2.75) is 0 Å². The van der Waals surface area contributed by atoms with Gasteiger partial charge in [0.15, 0.2) is 0 Å². The van der Waals surface area contributed by atoms with Crippen molar-refractivity contribution < 1.29 is 19.5 Å². The smallest absolute Gasteiger partial charge is 0.143 e. The second-order valence-corrected chi connectivity index (χ2v) is 10.8. The molecule has 0 aliphatic carbocycles. The fraction of sp³-hybridized carbons (Fsp3) is 0. The third-order valence-electron chi connectivity index (χ3n) is 8.31. The lowest BCUT2D eigenvalue weighted by molar-refractivity contribution is 0.670. The van der Waals surface area contributed by atoms with Crippen LogP contribution in [0.5, 0.6) is 0 Å². The predicted molar refractivity (Wildman–Crippen MR) is 190 cm³/mol. The van der Waals surface area contributed by atoms with Crippen molar-refractivity contribution in [3.05, 3.63) is 170 Å². The lowest BCUT2D eigenvalue weighted by Gasteiger charge is -2.18. The molecule has 9 aromatic rings. The first kappa shape index (κ1) is 16.8. The molecular weight excluding hydrogens is 544 g/mol. The van der Waals surface area contributed by atoms with E-state index in [0.717, 1.165) is 33.0 Å². The van der Waals surface area contributed by atoms with Crippen LogP contribution in [0.4, 0.5) is 0 Å². The van der Waals surface area contributed by atoms with Crippen LogP contribution in [0.25, 0.3) is 88.0 Å². The predicted octanol–water partition coefficient (Wildman–Crippen LogP) is 12.6. The zero-order valence-electron chi connectivity index (χ0n) is 34.7. The van der Waals surface area contributed by atoms with Gasteiger partial charge in [0.1, 0.15) is 11.2 Å². The van der Waals surface area contributed by atoms with Crippen molar-refractivity contribution in [3.8, 4) is 44.5 Å². The number of para-hydroxylation sites is 1. The van der Waals surface area contributed by atoms with Gasteiger partial charge in [-0.3, -0.25) is 0 Å². The van der Waals surface area contributed by atoms with Gasteiger partial charge in [-0.25, -0.2) is 0 Å². The first-order valence-electron chi connectivity index (χ1n) is 20.0. The van der Waals surface area contributed by atoms with Gasteiger partial charge in [0.25, 0.3) is 0 Å². The standard InChI is InChI=1S/C44H28O/c1-3-14-29(15-4-1)31-18-11-19-32(28-31)41-34-20-7-9-22-36(34)42(37-23-10-8-21-35(37)41)38-25-13-27-40-43(38)39-26-12-24-33(44(39)45-40)30-16-5-2-6-17-30/h1-28H/i2D,5D,6D,12D,13D,16D,17D,24D,25D,26D,27D. The molecule has 45 heavy (non-hydrogen) atoms. The number of benzene rings is 8. The topological polar surface area (TPSA) is 13.1 Å². The van der Waals surface area contributed by atoms with Crippen LogP contribution in [0.2, 0.25) is 0 Å². The second kappa shape index (κ2) is 10.4. The van der Waals surface area contributed by atoms with Gasteiger partial charge in [-0.15, -0.1) is 0 Å².